The Bertz CT molecular complexity index is 662. The highest BCUT2D eigenvalue weighted by molar-refractivity contribution is 5.92. The molecule has 24 heavy (non-hydrogen) atoms. The van der Waals surface area contributed by atoms with Crippen LogP contribution in [-0.4, -0.2) is 24.4 Å². The predicted molar refractivity (Wildman–Crippen MR) is 101 cm³/mol. The van der Waals surface area contributed by atoms with Crippen molar-refractivity contribution in [2.75, 3.05) is 18.9 Å². The number of carbonyl (C=O) groups is 1. The van der Waals surface area contributed by atoms with Crippen LogP contribution in [0.15, 0.2) is 48.5 Å². The fraction of sp³-hybridized carbons (Fsp3) is 0.381. The molecule has 0 aliphatic carbocycles. The van der Waals surface area contributed by atoms with Crippen molar-refractivity contribution in [3.8, 4) is 0 Å². The van der Waals surface area contributed by atoms with E-state index in [1.165, 1.54) is 11.1 Å². The van der Waals surface area contributed by atoms with Gasteiger partial charge in [-0.05, 0) is 42.1 Å². The number of aryl methyl sites for hydroxylation is 1. The molecule has 0 heterocycles. The number of carbonyl (C=O) groups excluding carboxylic acids is 1. The van der Waals surface area contributed by atoms with E-state index in [-0.39, 0.29) is 5.91 Å². The third kappa shape index (κ3) is 5.20. The summed E-state index contributed by atoms with van der Waals surface area (Å²) in [5, 5.41) is 3.02. The molecule has 1 N–H and O–H groups in total. The molecule has 1 amide bonds. The second-order valence-corrected chi connectivity index (χ2v) is 6.63. The molecule has 3 nitrogen and oxygen atoms in total. The summed E-state index contributed by atoms with van der Waals surface area (Å²) in [4.78, 5) is 14.3. The van der Waals surface area contributed by atoms with Gasteiger partial charge in [0, 0.05) is 12.2 Å². The van der Waals surface area contributed by atoms with Crippen LogP contribution in [0.3, 0.4) is 0 Å². The van der Waals surface area contributed by atoms with E-state index in [2.05, 4.69) is 56.4 Å². The monoisotopic (exact) mass is 324 g/mol. The highest BCUT2D eigenvalue weighted by Gasteiger charge is 2.09. The van der Waals surface area contributed by atoms with Gasteiger partial charge in [-0.3, -0.25) is 9.69 Å². The zero-order valence-corrected chi connectivity index (χ0v) is 15.2. The SMILES string of the molecule is CCc1ccccc1NC(=O)CN(C)Cc1ccc(C(C)C)cc1. The number of likely N-dealkylation sites (N-methyl/N-ethyl adjacent to an activating group) is 1. The first-order valence-electron chi connectivity index (χ1n) is 8.64. The lowest BCUT2D eigenvalue weighted by Gasteiger charge is -2.17. The van der Waals surface area contributed by atoms with Crippen LogP contribution in [0, 0.1) is 0 Å². The van der Waals surface area contributed by atoms with Gasteiger partial charge in [0.25, 0.3) is 0 Å². The summed E-state index contributed by atoms with van der Waals surface area (Å²) in [6, 6.07) is 16.6. The number of amides is 1. The first kappa shape index (κ1) is 18.2. The maximum absolute atomic E-state index is 12.3. The van der Waals surface area contributed by atoms with Gasteiger partial charge in [-0.25, -0.2) is 0 Å². The largest absolute Gasteiger partial charge is 0.325 e. The van der Waals surface area contributed by atoms with Crippen LogP contribution in [0.4, 0.5) is 5.69 Å². The van der Waals surface area contributed by atoms with E-state index in [1.807, 2.05) is 30.1 Å². The molecule has 128 valence electrons. The van der Waals surface area contributed by atoms with Crippen LogP contribution in [0.1, 0.15) is 43.4 Å². The second-order valence-electron chi connectivity index (χ2n) is 6.63. The quantitative estimate of drug-likeness (QED) is 0.816. The minimum absolute atomic E-state index is 0.0252. The number of nitrogens with one attached hydrogen (secondary N) is 1. The third-order valence-corrected chi connectivity index (χ3v) is 4.18. The van der Waals surface area contributed by atoms with E-state index in [1.54, 1.807) is 0 Å². The second kappa shape index (κ2) is 8.65. The molecule has 0 unspecified atom stereocenters. The number of para-hydroxylation sites is 1. The summed E-state index contributed by atoms with van der Waals surface area (Å²) in [5.41, 5.74) is 4.65. The lowest BCUT2D eigenvalue weighted by Crippen LogP contribution is -2.30. The molecule has 0 saturated carbocycles. The van der Waals surface area contributed by atoms with Crippen LogP contribution in [0.25, 0.3) is 0 Å². The highest BCUT2D eigenvalue weighted by atomic mass is 16.2. The van der Waals surface area contributed by atoms with E-state index < -0.39 is 0 Å². The van der Waals surface area contributed by atoms with E-state index in [0.717, 1.165) is 24.2 Å². The maximum atomic E-state index is 12.3. The number of hydrogen-bond donors (Lipinski definition) is 1. The summed E-state index contributed by atoms with van der Waals surface area (Å²) < 4.78 is 0. The zero-order chi connectivity index (χ0) is 17.5. The van der Waals surface area contributed by atoms with E-state index in [9.17, 15) is 4.79 Å². The van der Waals surface area contributed by atoms with Gasteiger partial charge in [-0.15, -0.1) is 0 Å². The molecular weight excluding hydrogens is 296 g/mol. The standard InChI is InChI=1S/C21H28N2O/c1-5-18-8-6-7-9-20(18)22-21(24)15-23(4)14-17-10-12-19(13-11-17)16(2)3/h6-13,16H,5,14-15H2,1-4H3,(H,22,24). The Hall–Kier alpha value is -2.13. The van der Waals surface area contributed by atoms with Crippen molar-refractivity contribution < 1.29 is 4.79 Å². The Morgan fingerprint density at radius 1 is 1.08 bits per heavy atom. The summed E-state index contributed by atoms with van der Waals surface area (Å²) in [6.07, 6.45) is 0.911. The Balaban J connectivity index is 1.89. The normalized spacial score (nSPS) is 11.1. The molecule has 0 spiro atoms. The molecule has 2 aromatic carbocycles. The van der Waals surface area contributed by atoms with Crippen LogP contribution in [0.2, 0.25) is 0 Å². The molecule has 0 bridgehead atoms. The van der Waals surface area contributed by atoms with Crippen molar-refractivity contribution >= 4 is 11.6 Å². The zero-order valence-electron chi connectivity index (χ0n) is 15.2. The summed E-state index contributed by atoms with van der Waals surface area (Å²) in [6.45, 7) is 7.63. The van der Waals surface area contributed by atoms with Gasteiger partial charge in [0.15, 0.2) is 0 Å². The Kier molecular flexibility index (Phi) is 6.56. The van der Waals surface area contributed by atoms with E-state index in [0.29, 0.717) is 12.5 Å². The summed E-state index contributed by atoms with van der Waals surface area (Å²) in [7, 11) is 1.97. The van der Waals surface area contributed by atoms with Crippen molar-refractivity contribution in [2.45, 2.75) is 39.7 Å². The number of benzene rings is 2. The molecule has 0 atom stereocenters. The first-order chi connectivity index (χ1) is 11.5. The van der Waals surface area contributed by atoms with Crippen LogP contribution in [0.5, 0.6) is 0 Å². The highest BCUT2D eigenvalue weighted by Crippen LogP contribution is 2.16. The molecule has 3 heteroatoms. The van der Waals surface area contributed by atoms with Crippen LogP contribution in [-0.2, 0) is 17.8 Å². The number of nitrogens with zero attached hydrogens (tertiary/aromatic N) is 1. The van der Waals surface area contributed by atoms with E-state index >= 15 is 0 Å². The lowest BCUT2D eigenvalue weighted by molar-refractivity contribution is -0.117. The Morgan fingerprint density at radius 3 is 2.38 bits per heavy atom. The van der Waals surface area contributed by atoms with E-state index in [4.69, 9.17) is 0 Å². The van der Waals surface area contributed by atoms with Gasteiger partial charge in [0.05, 0.1) is 6.54 Å². The van der Waals surface area contributed by atoms with Crippen molar-refractivity contribution in [3.05, 3.63) is 65.2 Å². The molecular formula is C21H28N2O. The molecule has 0 aromatic heterocycles. The fourth-order valence-corrected chi connectivity index (χ4v) is 2.76. The van der Waals surface area contributed by atoms with Gasteiger partial charge in [0.1, 0.15) is 0 Å². The van der Waals surface area contributed by atoms with Gasteiger partial charge in [-0.2, -0.15) is 0 Å². The van der Waals surface area contributed by atoms with Crippen molar-refractivity contribution in [2.24, 2.45) is 0 Å². The van der Waals surface area contributed by atoms with Crippen LogP contribution >= 0.6 is 0 Å². The average Bonchev–Trinajstić information content (AvgIpc) is 2.55. The van der Waals surface area contributed by atoms with Gasteiger partial charge >= 0.3 is 0 Å². The van der Waals surface area contributed by atoms with Gasteiger partial charge in [-0.1, -0.05) is 63.2 Å². The molecule has 0 aliphatic rings. The minimum Gasteiger partial charge on any atom is -0.325 e. The summed E-state index contributed by atoms with van der Waals surface area (Å²) >= 11 is 0. The predicted octanol–water partition coefficient (Wildman–Crippen LogP) is 4.44. The molecule has 0 radical (unpaired) electrons. The molecule has 2 rings (SSSR count). The van der Waals surface area contributed by atoms with Crippen molar-refractivity contribution in [1.82, 2.24) is 4.90 Å². The third-order valence-electron chi connectivity index (χ3n) is 4.18. The average molecular weight is 324 g/mol. The van der Waals surface area contributed by atoms with Gasteiger partial charge < -0.3 is 5.32 Å². The molecule has 0 fully saturated rings. The topological polar surface area (TPSA) is 32.3 Å². The van der Waals surface area contributed by atoms with Crippen LogP contribution < -0.4 is 5.32 Å². The first-order valence-corrected chi connectivity index (χ1v) is 8.64. The van der Waals surface area contributed by atoms with Crippen molar-refractivity contribution in [3.63, 3.8) is 0 Å². The lowest BCUT2D eigenvalue weighted by atomic mass is 10.0. The molecule has 0 saturated heterocycles. The summed E-state index contributed by atoms with van der Waals surface area (Å²) in [5.74, 6) is 0.568. The molecule has 2 aromatic rings. The Labute approximate surface area is 145 Å². The van der Waals surface area contributed by atoms with Crippen molar-refractivity contribution in [1.29, 1.82) is 0 Å². The Morgan fingerprint density at radius 2 is 1.75 bits per heavy atom. The molecule has 0 aliphatic heterocycles. The number of hydrogen-bond acceptors (Lipinski definition) is 2. The fourth-order valence-electron chi connectivity index (χ4n) is 2.76. The maximum Gasteiger partial charge on any atom is 0.238 e. The number of anilines is 1. The number of rotatable bonds is 7. The van der Waals surface area contributed by atoms with Gasteiger partial charge in [0.2, 0.25) is 5.91 Å². The minimum atomic E-state index is 0.0252. The smallest absolute Gasteiger partial charge is 0.238 e.